The van der Waals surface area contributed by atoms with E-state index in [1.165, 1.54) is 12.0 Å². The van der Waals surface area contributed by atoms with Crippen LogP contribution >= 0.6 is 11.6 Å². The smallest absolute Gasteiger partial charge is 0.337 e. The van der Waals surface area contributed by atoms with Crippen molar-refractivity contribution in [2.24, 2.45) is 0 Å². The van der Waals surface area contributed by atoms with Crippen molar-refractivity contribution in [2.45, 2.75) is 6.54 Å². The number of nitrogens with one attached hydrogen (secondary N) is 1. The highest BCUT2D eigenvalue weighted by molar-refractivity contribution is 6.30. The van der Waals surface area contributed by atoms with E-state index >= 15 is 0 Å². The molecule has 1 heterocycles. The first-order valence-electron chi connectivity index (χ1n) is 8.29. The predicted molar refractivity (Wildman–Crippen MR) is 103 cm³/mol. The Morgan fingerprint density at radius 3 is 2.37 bits per heavy atom. The molecule has 6 nitrogen and oxygen atoms in total. The Morgan fingerprint density at radius 1 is 1.11 bits per heavy atom. The lowest BCUT2D eigenvalue weighted by molar-refractivity contribution is -0.136. The molecule has 2 aromatic carbocycles. The fourth-order valence-electron chi connectivity index (χ4n) is 2.81. The molecule has 2 aromatic rings. The lowest BCUT2D eigenvalue weighted by Crippen LogP contribution is -2.30. The van der Waals surface area contributed by atoms with Crippen LogP contribution in [-0.4, -0.2) is 32.6 Å². The molecule has 1 aliphatic rings. The highest BCUT2D eigenvalue weighted by Crippen LogP contribution is 2.27. The second-order valence-corrected chi connectivity index (χ2v) is 6.35. The summed E-state index contributed by atoms with van der Waals surface area (Å²) in [5, 5.41) is 3.66. The number of carbonyl (C=O) groups is 2. The van der Waals surface area contributed by atoms with Crippen LogP contribution in [-0.2, 0) is 20.9 Å². The predicted octanol–water partition coefficient (Wildman–Crippen LogP) is 2.91. The average Bonchev–Trinajstić information content (AvgIpc) is 3.03. The third-order valence-electron chi connectivity index (χ3n) is 4.28. The molecule has 0 atom stereocenters. The Balaban J connectivity index is 1.81. The first-order valence-corrected chi connectivity index (χ1v) is 8.67. The quantitative estimate of drug-likeness (QED) is 0.773. The zero-order valence-corrected chi connectivity index (χ0v) is 15.7. The van der Waals surface area contributed by atoms with Gasteiger partial charge in [-0.3, -0.25) is 4.79 Å². The number of rotatable bonds is 6. The zero-order chi connectivity index (χ0) is 19.4. The topological polar surface area (TPSA) is 67.9 Å². The molecule has 0 saturated heterocycles. The number of esters is 1. The number of methoxy groups -OCH3 is 2. The Bertz CT molecular complexity index is 876. The number of benzene rings is 2. The molecule has 0 spiro atoms. The average molecular weight is 387 g/mol. The standard InChI is InChI=1S/C20H19ClN2O4/c1-26-16-9-3-13(4-10-16)11-22-18-17(20(25)27-2)12-23(19(18)24)15-7-5-14(21)6-8-15/h3-10,22H,11-12H2,1-2H3. The van der Waals surface area contributed by atoms with Crippen LogP contribution in [0.2, 0.25) is 5.02 Å². The zero-order valence-electron chi connectivity index (χ0n) is 15.0. The molecular weight excluding hydrogens is 368 g/mol. The lowest BCUT2D eigenvalue weighted by atomic mass is 10.2. The maximum atomic E-state index is 12.9. The summed E-state index contributed by atoms with van der Waals surface area (Å²) >= 11 is 5.91. The van der Waals surface area contributed by atoms with Gasteiger partial charge in [0.25, 0.3) is 5.91 Å². The minimum Gasteiger partial charge on any atom is -0.497 e. The van der Waals surface area contributed by atoms with Crippen LogP contribution in [0.4, 0.5) is 5.69 Å². The third-order valence-corrected chi connectivity index (χ3v) is 4.53. The first-order chi connectivity index (χ1) is 13.0. The van der Waals surface area contributed by atoms with E-state index in [0.29, 0.717) is 22.8 Å². The number of hydrogen-bond acceptors (Lipinski definition) is 5. The van der Waals surface area contributed by atoms with Gasteiger partial charge in [0.2, 0.25) is 0 Å². The van der Waals surface area contributed by atoms with Crippen molar-refractivity contribution in [3.8, 4) is 5.75 Å². The summed E-state index contributed by atoms with van der Waals surface area (Å²) in [7, 11) is 2.90. The summed E-state index contributed by atoms with van der Waals surface area (Å²) < 4.78 is 9.98. The summed E-state index contributed by atoms with van der Waals surface area (Å²) in [6, 6.07) is 14.3. The molecule has 1 aliphatic heterocycles. The molecule has 0 fully saturated rings. The number of ether oxygens (including phenoxy) is 2. The van der Waals surface area contributed by atoms with Crippen LogP contribution < -0.4 is 15.0 Å². The Hall–Kier alpha value is -2.99. The molecule has 0 aliphatic carbocycles. The van der Waals surface area contributed by atoms with Crippen molar-refractivity contribution in [1.29, 1.82) is 0 Å². The SMILES string of the molecule is COC(=O)C1=C(NCc2ccc(OC)cc2)C(=O)N(c2ccc(Cl)cc2)C1. The molecule has 7 heteroatoms. The molecule has 27 heavy (non-hydrogen) atoms. The van der Waals surface area contributed by atoms with Crippen molar-refractivity contribution in [3.05, 3.63) is 70.4 Å². The van der Waals surface area contributed by atoms with Crippen LogP contribution in [0.5, 0.6) is 5.75 Å². The Labute approximate surface area is 162 Å². The number of halogens is 1. The summed E-state index contributed by atoms with van der Waals surface area (Å²) in [6.45, 7) is 0.526. The van der Waals surface area contributed by atoms with Gasteiger partial charge >= 0.3 is 5.97 Å². The van der Waals surface area contributed by atoms with Crippen molar-refractivity contribution >= 4 is 29.2 Å². The molecule has 0 saturated carbocycles. The van der Waals surface area contributed by atoms with Crippen molar-refractivity contribution in [1.82, 2.24) is 5.32 Å². The van der Waals surface area contributed by atoms with Gasteiger partial charge < -0.3 is 19.7 Å². The van der Waals surface area contributed by atoms with E-state index in [4.69, 9.17) is 21.1 Å². The van der Waals surface area contributed by atoms with Gasteiger partial charge in [0.05, 0.1) is 26.3 Å². The highest BCUT2D eigenvalue weighted by atomic mass is 35.5. The van der Waals surface area contributed by atoms with Crippen LogP contribution in [0.15, 0.2) is 59.8 Å². The summed E-state index contributed by atoms with van der Waals surface area (Å²) in [6.07, 6.45) is 0. The maximum absolute atomic E-state index is 12.9. The van der Waals surface area contributed by atoms with E-state index in [1.54, 1.807) is 31.4 Å². The highest BCUT2D eigenvalue weighted by Gasteiger charge is 2.35. The second-order valence-electron chi connectivity index (χ2n) is 5.91. The number of nitrogens with zero attached hydrogens (tertiary/aromatic N) is 1. The Kier molecular flexibility index (Phi) is 5.66. The normalized spacial score (nSPS) is 13.7. The number of carbonyl (C=O) groups excluding carboxylic acids is 2. The van der Waals surface area contributed by atoms with Gasteiger partial charge in [-0.1, -0.05) is 23.7 Å². The van der Waals surface area contributed by atoms with Gasteiger partial charge in [-0.05, 0) is 42.0 Å². The molecular formula is C20H19ClN2O4. The molecule has 0 aromatic heterocycles. The third kappa shape index (κ3) is 4.06. The van der Waals surface area contributed by atoms with E-state index in [9.17, 15) is 9.59 Å². The van der Waals surface area contributed by atoms with Gasteiger partial charge in [-0.25, -0.2) is 4.79 Å². The fraction of sp³-hybridized carbons (Fsp3) is 0.200. The largest absolute Gasteiger partial charge is 0.497 e. The Morgan fingerprint density at radius 2 is 1.78 bits per heavy atom. The molecule has 140 valence electrons. The van der Waals surface area contributed by atoms with Crippen LogP contribution in [0.1, 0.15) is 5.56 Å². The van der Waals surface area contributed by atoms with Crippen molar-refractivity contribution in [2.75, 3.05) is 25.7 Å². The summed E-state index contributed by atoms with van der Waals surface area (Å²) in [4.78, 5) is 26.6. The number of hydrogen-bond donors (Lipinski definition) is 1. The summed E-state index contributed by atoms with van der Waals surface area (Å²) in [5.74, 6) is -0.0673. The van der Waals surface area contributed by atoms with Gasteiger partial charge in [-0.15, -0.1) is 0 Å². The van der Waals surface area contributed by atoms with Gasteiger partial charge in [0.15, 0.2) is 0 Å². The lowest BCUT2D eigenvalue weighted by Gasteiger charge is -2.17. The van der Waals surface area contributed by atoms with E-state index < -0.39 is 5.97 Å². The molecule has 1 N–H and O–H groups in total. The van der Waals surface area contributed by atoms with E-state index in [1.807, 2.05) is 24.3 Å². The van der Waals surface area contributed by atoms with Crippen LogP contribution in [0.3, 0.4) is 0 Å². The monoisotopic (exact) mass is 386 g/mol. The van der Waals surface area contributed by atoms with Gasteiger partial charge in [0, 0.05) is 17.3 Å². The van der Waals surface area contributed by atoms with Gasteiger partial charge in [0.1, 0.15) is 11.4 Å². The van der Waals surface area contributed by atoms with Crippen molar-refractivity contribution in [3.63, 3.8) is 0 Å². The molecule has 3 rings (SSSR count). The number of anilines is 1. The van der Waals surface area contributed by atoms with E-state index in [-0.39, 0.29) is 18.1 Å². The second kappa shape index (κ2) is 8.14. The van der Waals surface area contributed by atoms with E-state index in [0.717, 1.165) is 11.3 Å². The van der Waals surface area contributed by atoms with Crippen molar-refractivity contribution < 1.29 is 19.1 Å². The van der Waals surface area contributed by atoms with Crippen LogP contribution in [0.25, 0.3) is 0 Å². The van der Waals surface area contributed by atoms with Gasteiger partial charge in [-0.2, -0.15) is 0 Å². The number of amides is 1. The molecule has 0 bridgehead atoms. The molecule has 0 unspecified atom stereocenters. The fourth-order valence-corrected chi connectivity index (χ4v) is 2.93. The van der Waals surface area contributed by atoms with E-state index in [2.05, 4.69) is 5.32 Å². The minimum absolute atomic E-state index is 0.137. The molecule has 1 amide bonds. The maximum Gasteiger partial charge on any atom is 0.337 e. The van der Waals surface area contributed by atoms with Crippen LogP contribution in [0, 0.1) is 0 Å². The minimum atomic E-state index is -0.531. The summed E-state index contributed by atoms with van der Waals surface area (Å²) in [5.41, 5.74) is 2.15. The first kappa shape index (κ1) is 18.8. The molecule has 0 radical (unpaired) electrons.